The molecule has 1 aliphatic heterocycles. The summed E-state index contributed by atoms with van der Waals surface area (Å²) in [7, 11) is 1.71. The van der Waals surface area contributed by atoms with Crippen molar-refractivity contribution >= 4 is 0 Å². The van der Waals surface area contributed by atoms with E-state index in [1.165, 1.54) is 32.5 Å². The van der Waals surface area contributed by atoms with Crippen LogP contribution in [-0.2, 0) is 9.47 Å². The fraction of sp³-hybridized carbons (Fsp3) is 1.00. The van der Waals surface area contributed by atoms with Gasteiger partial charge in [-0.15, -0.1) is 0 Å². The lowest BCUT2D eigenvalue weighted by Crippen LogP contribution is -2.37. The Morgan fingerprint density at radius 2 is 1.73 bits per heavy atom. The van der Waals surface area contributed by atoms with Gasteiger partial charge in [0.15, 0.2) is 0 Å². The molecule has 92 valence electrons. The molecule has 0 saturated carbocycles. The van der Waals surface area contributed by atoms with Crippen molar-refractivity contribution in [2.24, 2.45) is 0 Å². The van der Waals surface area contributed by atoms with E-state index in [0.717, 1.165) is 6.61 Å². The average molecular weight is 217 g/mol. The number of methoxy groups -OCH3 is 1. The second-order valence-electron chi connectivity index (χ2n) is 3.50. The van der Waals surface area contributed by atoms with Crippen LogP contribution in [0.25, 0.3) is 0 Å². The molecule has 1 aliphatic rings. The summed E-state index contributed by atoms with van der Waals surface area (Å²) in [5.41, 5.74) is 0. The summed E-state index contributed by atoms with van der Waals surface area (Å²) in [6, 6.07) is 0. The van der Waals surface area contributed by atoms with Crippen LogP contribution >= 0.6 is 0 Å². The Morgan fingerprint density at radius 1 is 1.13 bits per heavy atom. The first-order valence-electron chi connectivity index (χ1n) is 6.19. The molecule has 0 aromatic carbocycles. The Morgan fingerprint density at radius 3 is 2.20 bits per heavy atom. The summed E-state index contributed by atoms with van der Waals surface area (Å²) >= 11 is 0. The van der Waals surface area contributed by atoms with Crippen LogP contribution in [0.3, 0.4) is 0 Å². The quantitative estimate of drug-likeness (QED) is 0.659. The van der Waals surface area contributed by atoms with Crippen molar-refractivity contribution in [2.45, 2.75) is 39.7 Å². The van der Waals surface area contributed by atoms with Crippen LogP contribution in [0.15, 0.2) is 0 Å². The normalized spacial score (nSPS) is 18.4. The number of hydrogen-bond donors (Lipinski definition) is 0. The van der Waals surface area contributed by atoms with E-state index in [4.69, 9.17) is 9.47 Å². The lowest BCUT2D eigenvalue weighted by molar-refractivity contribution is -0.0138. The summed E-state index contributed by atoms with van der Waals surface area (Å²) < 4.78 is 10.6. The molecule has 1 fully saturated rings. The maximum Gasteiger partial charge on any atom is 0.0704 e. The molecule has 0 radical (unpaired) electrons. The summed E-state index contributed by atoms with van der Waals surface area (Å²) in [5, 5.41) is 0. The first-order chi connectivity index (χ1) is 7.36. The topological polar surface area (TPSA) is 21.7 Å². The first kappa shape index (κ1) is 14.9. The molecule has 15 heavy (non-hydrogen) atoms. The van der Waals surface area contributed by atoms with Crippen molar-refractivity contribution in [3.63, 3.8) is 0 Å². The zero-order valence-electron chi connectivity index (χ0n) is 10.8. The zero-order chi connectivity index (χ0) is 11.5. The molecule has 0 atom stereocenters. The summed E-state index contributed by atoms with van der Waals surface area (Å²) in [5.74, 6) is 0. The van der Waals surface area contributed by atoms with Crippen LogP contribution in [0, 0.1) is 0 Å². The minimum Gasteiger partial charge on any atom is -0.382 e. The molecule has 1 saturated heterocycles. The van der Waals surface area contributed by atoms with Crippen molar-refractivity contribution in [2.75, 3.05) is 40.0 Å². The molecule has 0 aliphatic carbocycles. The highest BCUT2D eigenvalue weighted by Crippen LogP contribution is 2.12. The number of ether oxygens (including phenoxy) is 2. The Bertz CT molecular complexity index is 120. The van der Waals surface area contributed by atoms with E-state index >= 15 is 0 Å². The Hall–Kier alpha value is -0.120. The van der Waals surface area contributed by atoms with Crippen LogP contribution < -0.4 is 0 Å². The van der Waals surface area contributed by atoms with Gasteiger partial charge in [0.2, 0.25) is 0 Å². The number of nitrogens with zero attached hydrogens (tertiary/aromatic N) is 1. The highest BCUT2D eigenvalue weighted by atomic mass is 16.5. The first-order valence-corrected chi connectivity index (χ1v) is 6.19. The molecule has 1 rings (SSSR count). The van der Waals surface area contributed by atoms with Gasteiger partial charge < -0.3 is 14.4 Å². The molecule has 0 spiro atoms. The number of rotatable bonds is 5. The fourth-order valence-electron chi connectivity index (χ4n) is 1.69. The van der Waals surface area contributed by atoms with E-state index in [0.29, 0.717) is 12.7 Å². The molecule has 1 heterocycles. The van der Waals surface area contributed by atoms with E-state index in [1.807, 2.05) is 13.8 Å². The summed E-state index contributed by atoms with van der Waals surface area (Å²) in [6.45, 7) is 11.2. The lowest BCUT2D eigenvalue weighted by Gasteiger charge is -2.30. The molecule has 0 bridgehead atoms. The van der Waals surface area contributed by atoms with Crippen molar-refractivity contribution in [3.8, 4) is 0 Å². The van der Waals surface area contributed by atoms with Gasteiger partial charge in [0.05, 0.1) is 19.3 Å². The summed E-state index contributed by atoms with van der Waals surface area (Å²) in [4.78, 5) is 2.47. The molecular formula is C12H27NO2. The molecule has 0 N–H and O–H groups in total. The van der Waals surface area contributed by atoms with Gasteiger partial charge in [-0.05, 0) is 19.4 Å². The van der Waals surface area contributed by atoms with Gasteiger partial charge in [-0.25, -0.2) is 0 Å². The van der Waals surface area contributed by atoms with Gasteiger partial charge in [0.1, 0.15) is 0 Å². The smallest absolute Gasteiger partial charge is 0.0704 e. The van der Waals surface area contributed by atoms with E-state index in [2.05, 4.69) is 11.8 Å². The molecule has 3 nitrogen and oxygen atoms in total. The van der Waals surface area contributed by atoms with E-state index in [-0.39, 0.29) is 0 Å². The number of hydrogen-bond acceptors (Lipinski definition) is 3. The molecule has 0 amide bonds. The van der Waals surface area contributed by atoms with Crippen molar-refractivity contribution in [1.29, 1.82) is 0 Å². The third-order valence-electron chi connectivity index (χ3n) is 2.62. The average Bonchev–Trinajstić information content (AvgIpc) is 2.33. The monoisotopic (exact) mass is 217 g/mol. The molecule has 0 aromatic heterocycles. The molecular weight excluding hydrogens is 190 g/mol. The van der Waals surface area contributed by atoms with Crippen LogP contribution in [-0.4, -0.2) is 51.0 Å². The highest BCUT2D eigenvalue weighted by Gasteiger charge is 2.17. The Balaban J connectivity index is 0.000000921. The standard InChI is InChI=1S/C10H21NO2.C2H6/c1-3-11-6-4-10(5-7-11)13-9-8-12-2;1-2/h10H,3-9H2,1-2H3;1-2H3. The molecule has 0 unspecified atom stereocenters. The predicted molar refractivity (Wildman–Crippen MR) is 64.3 cm³/mol. The van der Waals surface area contributed by atoms with Crippen molar-refractivity contribution in [1.82, 2.24) is 4.90 Å². The van der Waals surface area contributed by atoms with Gasteiger partial charge in [0.25, 0.3) is 0 Å². The van der Waals surface area contributed by atoms with E-state index in [9.17, 15) is 0 Å². The zero-order valence-corrected chi connectivity index (χ0v) is 10.8. The molecule has 3 heteroatoms. The molecule has 0 aromatic rings. The van der Waals surface area contributed by atoms with E-state index < -0.39 is 0 Å². The van der Waals surface area contributed by atoms with Crippen molar-refractivity contribution in [3.05, 3.63) is 0 Å². The van der Waals surface area contributed by atoms with Gasteiger partial charge in [-0.3, -0.25) is 0 Å². The Kier molecular flexibility index (Phi) is 10.3. The highest BCUT2D eigenvalue weighted by molar-refractivity contribution is 4.71. The minimum atomic E-state index is 0.470. The SMILES string of the molecule is CC.CCN1CCC(OCCOC)CC1. The fourth-order valence-corrected chi connectivity index (χ4v) is 1.69. The van der Waals surface area contributed by atoms with Crippen LogP contribution in [0.2, 0.25) is 0 Å². The third kappa shape index (κ3) is 6.88. The maximum absolute atomic E-state index is 5.66. The van der Waals surface area contributed by atoms with Gasteiger partial charge in [-0.2, -0.15) is 0 Å². The van der Waals surface area contributed by atoms with Crippen LogP contribution in [0.4, 0.5) is 0 Å². The second kappa shape index (κ2) is 10.4. The third-order valence-corrected chi connectivity index (χ3v) is 2.62. The number of piperidine rings is 1. The Labute approximate surface area is 94.7 Å². The minimum absolute atomic E-state index is 0.470. The second-order valence-corrected chi connectivity index (χ2v) is 3.50. The lowest BCUT2D eigenvalue weighted by atomic mass is 10.1. The van der Waals surface area contributed by atoms with Gasteiger partial charge in [0, 0.05) is 20.2 Å². The number of likely N-dealkylation sites (tertiary alicyclic amines) is 1. The predicted octanol–water partition coefficient (Wildman–Crippen LogP) is 2.16. The summed E-state index contributed by atoms with van der Waals surface area (Å²) in [6.07, 6.45) is 2.83. The van der Waals surface area contributed by atoms with Gasteiger partial charge in [-0.1, -0.05) is 20.8 Å². The largest absolute Gasteiger partial charge is 0.382 e. The maximum atomic E-state index is 5.66. The van der Waals surface area contributed by atoms with Crippen molar-refractivity contribution < 1.29 is 9.47 Å². The van der Waals surface area contributed by atoms with Gasteiger partial charge >= 0.3 is 0 Å². The van der Waals surface area contributed by atoms with E-state index in [1.54, 1.807) is 7.11 Å². The van der Waals surface area contributed by atoms with Crippen LogP contribution in [0.1, 0.15) is 33.6 Å². The van der Waals surface area contributed by atoms with Crippen LogP contribution in [0.5, 0.6) is 0 Å².